The third-order valence-corrected chi connectivity index (χ3v) is 9.09. The maximum absolute atomic E-state index is 11.5. The van der Waals surface area contributed by atoms with Crippen molar-refractivity contribution >= 4 is 25.3 Å². The second-order valence-electron chi connectivity index (χ2n) is 12.4. The molecule has 0 aromatic heterocycles. The summed E-state index contributed by atoms with van der Waals surface area (Å²) in [4.78, 5) is 11.5. The van der Waals surface area contributed by atoms with Crippen molar-refractivity contribution in [1.82, 2.24) is 5.32 Å². The predicted octanol–water partition coefficient (Wildman–Crippen LogP) is 6.02. The van der Waals surface area contributed by atoms with Gasteiger partial charge in [0.1, 0.15) is 0 Å². The summed E-state index contributed by atoms with van der Waals surface area (Å²) in [6.07, 6.45) is 4.85. The zero-order valence-electron chi connectivity index (χ0n) is 21.2. The van der Waals surface area contributed by atoms with Crippen LogP contribution in [-0.2, 0) is 21.0 Å². The van der Waals surface area contributed by atoms with Crippen molar-refractivity contribution in [2.24, 2.45) is 5.92 Å². The first kappa shape index (κ1) is 25.5. The van der Waals surface area contributed by atoms with E-state index < -0.39 is 0 Å². The molecule has 0 saturated heterocycles. The predicted molar refractivity (Wildman–Crippen MR) is 132 cm³/mol. The van der Waals surface area contributed by atoms with E-state index in [1.807, 2.05) is 0 Å². The average molecular weight is 479 g/mol. The van der Waals surface area contributed by atoms with E-state index >= 15 is 0 Å². The molecule has 1 amide bonds. The van der Waals surface area contributed by atoms with Crippen LogP contribution in [0, 0.1) is 5.92 Å². The molecule has 2 unspecified atom stereocenters. The Labute approximate surface area is 192 Å². The van der Waals surface area contributed by atoms with Crippen molar-refractivity contribution in [3.05, 3.63) is 28.8 Å². The molecule has 1 saturated carbocycles. The Morgan fingerprint density at radius 3 is 1.90 bits per heavy atom. The number of carbonyl (C=O) groups excluding carboxylic acids is 1. The number of carbonyl (C=O) groups is 1. The fraction of sp³-hybridized carbons (Fsp3) is 0.741. The van der Waals surface area contributed by atoms with Gasteiger partial charge in [-0.2, -0.15) is 0 Å². The molecule has 2 nitrogen and oxygen atoms in total. The first-order valence-corrected chi connectivity index (χ1v) is 13.7. The van der Waals surface area contributed by atoms with Crippen molar-refractivity contribution < 1.29 is 4.79 Å². The summed E-state index contributed by atoms with van der Waals surface area (Å²) < 4.78 is 1.64. The summed E-state index contributed by atoms with van der Waals surface area (Å²) in [5.74, 6) is 0.854. The molecule has 0 bridgehead atoms. The molecular formula is C27H45NOSe. The van der Waals surface area contributed by atoms with Gasteiger partial charge in [-0.15, -0.1) is 0 Å². The van der Waals surface area contributed by atoms with Gasteiger partial charge in [0, 0.05) is 0 Å². The summed E-state index contributed by atoms with van der Waals surface area (Å²) in [5.41, 5.74) is 5.00. The van der Waals surface area contributed by atoms with Crippen molar-refractivity contribution in [2.75, 3.05) is 0 Å². The van der Waals surface area contributed by atoms with Gasteiger partial charge in [0.25, 0.3) is 0 Å². The standard InChI is InChI=1S/C27H45NOSe/c1-18(29)28-21-13-11-12-19(14-21)17-30-24-22(26(5,6)7)15-20(25(2,3)4)16-23(24)27(8,9)10/h15-16,19,21H,11-14,17H2,1-10H3,(H,28,29). The molecule has 1 aromatic rings. The Balaban J connectivity index is 2.39. The van der Waals surface area contributed by atoms with Gasteiger partial charge >= 0.3 is 193 Å². The van der Waals surface area contributed by atoms with E-state index in [-0.39, 0.29) is 22.2 Å². The SMILES string of the molecule is CC(=O)NC1CCCC(C[Se]c2c(C(C)(C)C)cc(C(C)(C)C)cc2C(C)(C)C)C1. The minimum absolute atomic E-state index is 0.119. The van der Waals surface area contributed by atoms with Crippen molar-refractivity contribution in [3.8, 4) is 0 Å². The van der Waals surface area contributed by atoms with Gasteiger partial charge in [0.05, 0.1) is 0 Å². The molecular weight excluding hydrogens is 433 g/mol. The topological polar surface area (TPSA) is 29.1 Å². The van der Waals surface area contributed by atoms with Gasteiger partial charge in [0.2, 0.25) is 0 Å². The van der Waals surface area contributed by atoms with E-state index in [4.69, 9.17) is 0 Å². The molecule has 30 heavy (non-hydrogen) atoms. The summed E-state index contributed by atoms with van der Waals surface area (Å²) in [5, 5.41) is 4.46. The molecule has 0 spiro atoms. The number of benzene rings is 1. The van der Waals surface area contributed by atoms with Crippen LogP contribution >= 0.6 is 0 Å². The van der Waals surface area contributed by atoms with Crippen LogP contribution in [0.3, 0.4) is 0 Å². The van der Waals surface area contributed by atoms with E-state index in [1.54, 1.807) is 22.5 Å². The van der Waals surface area contributed by atoms with Crippen LogP contribution in [0.25, 0.3) is 0 Å². The van der Waals surface area contributed by atoms with Crippen molar-refractivity contribution in [2.45, 2.75) is 123 Å². The number of nitrogens with one attached hydrogen (secondary N) is 1. The van der Waals surface area contributed by atoms with Gasteiger partial charge in [0.15, 0.2) is 0 Å². The average Bonchev–Trinajstić information content (AvgIpc) is 2.56. The summed E-state index contributed by atoms with van der Waals surface area (Å²) in [6.45, 7) is 22.9. The van der Waals surface area contributed by atoms with E-state index in [1.165, 1.54) is 23.7 Å². The molecule has 0 aliphatic heterocycles. The van der Waals surface area contributed by atoms with E-state index in [0.717, 1.165) is 18.8 Å². The van der Waals surface area contributed by atoms with Crippen LogP contribution < -0.4 is 9.78 Å². The minimum atomic E-state index is 0.119. The van der Waals surface area contributed by atoms with Gasteiger partial charge in [-0.1, -0.05) is 0 Å². The summed E-state index contributed by atoms with van der Waals surface area (Å²) in [6, 6.07) is 5.39. The number of amides is 1. The normalized spacial score (nSPS) is 20.9. The van der Waals surface area contributed by atoms with Crippen LogP contribution in [0.5, 0.6) is 0 Å². The Bertz CT molecular complexity index is 711. The van der Waals surface area contributed by atoms with E-state index in [0.29, 0.717) is 21.0 Å². The molecule has 2 atom stereocenters. The van der Waals surface area contributed by atoms with Gasteiger partial charge in [-0.3, -0.25) is 0 Å². The van der Waals surface area contributed by atoms with Crippen LogP contribution in [0.2, 0.25) is 5.32 Å². The van der Waals surface area contributed by atoms with Crippen LogP contribution in [0.15, 0.2) is 12.1 Å². The molecule has 1 aliphatic rings. The van der Waals surface area contributed by atoms with Gasteiger partial charge < -0.3 is 0 Å². The first-order chi connectivity index (χ1) is 13.6. The van der Waals surface area contributed by atoms with Crippen LogP contribution in [-0.4, -0.2) is 26.9 Å². The molecule has 3 heteroatoms. The monoisotopic (exact) mass is 479 g/mol. The Hall–Kier alpha value is -0.791. The Morgan fingerprint density at radius 1 is 0.933 bits per heavy atom. The summed E-state index contributed by atoms with van der Waals surface area (Å²) >= 11 is 0.449. The third kappa shape index (κ3) is 6.86. The second-order valence-corrected chi connectivity index (χ2v) is 14.6. The molecule has 0 radical (unpaired) electrons. The van der Waals surface area contributed by atoms with Crippen molar-refractivity contribution in [3.63, 3.8) is 0 Å². The molecule has 1 N–H and O–H groups in total. The molecule has 1 fully saturated rings. The summed E-state index contributed by atoms with van der Waals surface area (Å²) in [7, 11) is 0. The third-order valence-electron chi connectivity index (χ3n) is 6.22. The number of hydrogen-bond donors (Lipinski definition) is 1. The zero-order valence-corrected chi connectivity index (χ0v) is 22.9. The maximum atomic E-state index is 11.5. The van der Waals surface area contributed by atoms with Gasteiger partial charge in [-0.05, 0) is 0 Å². The quantitative estimate of drug-likeness (QED) is 0.527. The van der Waals surface area contributed by atoms with Gasteiger partial charge in [-0.25, -0.2) is 0 Å². The zero-order chi connectivity index (χ0) is 22.9. The fourth-order valence-corrected chi connectivity index (χ4v) is 8.06. The Kier molecular flexibility index (Phi) is 7.96. The second kappa shape index (κ2) is 9.37. The van der Waals surface area contributed by atoms with Crippen molar-refractivity contribution in [1.29, 1.82) is 0 Å². The van der Waals surface area contributed by atoms with Crippen LogP contribution in [0.4, 0.5) is 0 Å². The molecule has 2 rings (SSSR count). The van der Waals surface area contributed by atoms with Crippen LogP contribution in [0.1, 0.15) is 112 Å². The first-order valence-electron chi connectivity index (χ1n) is 11.7. The number of rotatable bonds is 4. The molecule has 1 aliphatic carbocycles. The van der Waals surface area contributed by atoms with E-state index in [9.17, 15) is 4.79 Å². The Morgan fingerprint density at radius 2 is 1.47 bits per heavy atom. The number of hydrogen-bond acceptors (Lipinski definition) is 1. The fourth-order valence-electron chi connectivity index (χ4n) is 4.39. The van der Waals surface area contributed by atoms with E-state index in [2.05, 4.69) is 79.8 Å². The molecule has 170 valence electrons. The molecule has 1 aromatic carbocycles. The molecule has 0 heterocycles.